The maximum absolute atomic E-state index is 12.7. The molecule has 2 heterocycles. The molecule has 0 aliphatic carbocycles. The van der Waals surface area contributed by atoms with E-state index in [4.69, 9.17) is 16.3 Å². The van der Waals surface area contributed by atoms with Gasteiger partial charge < -0.3 is 14.1 Å². The second-order valence-electron chi connectivity index (χ2n) is 9.67. The van der Waals surface area contributed by atoms with E-state index in [0.717, 1.165) is 52.9 Å². The van der Waals surface area contributed by atoms with Crippen molar-refractivity contribution in [2.75, 3.05) is 0 Å². The Hall–Kier alpha value is -5.43. The van der Waals surface area contributed by atoms with Crippen molar-refractivity contribution in [3.8, 4) is 28.3 Å². The van der Waals surface area contributed by atoms with Gasteiger partial charge in [0.25, 0.3) is 5.09 Å². The number of halogens is 1. The molecule has 0 N–H and O–H groups in total. The Labute approximate surface area is 256 Å². The van der Waals surface area contributed by atoms with Gasteiger partial charge in [0.15, 0.2) is 11.4 Å². The number of nitrogens with zero attached hydrogens (tertiary/aromatic N) is 7. The first kappa shape index (κ1) is 30.0. The van der Waals surface area contributed by atoms with E-state index in [1.807, 2.05) is 53.1 Å². The molecule has 224 valence electrons. The number of imidazole rings is 1. The molecule has 13 nitrogen and oxygen atoms in total. The van der Waals surface area contributed by atoms with Crippen LogP contribution in [0.1, 0.15) is 47.2 Å². The molecule has 5 aromatic rings. The molecule has 44 heavy (non-hydrogen) atoms. The molecule has 0 radical (unpaired) electrons. The third-order valence-electron chi connectivity index (χ3n) is 6.72. The topological polar surface area (TPSA) is 157 Å². The van der Waals surface area contributed by atoms with E-state index < -0.39 is 11.2 Å². The van der Waals surface area contributed by atoms with Gasteiger partial charge in [-0.2, -0.15) is 0 Å². The summed E-state index contributed by atoms with van der Waals surface area (Å²) in [5, 5.41) is 21.8. The van der Waals surface area contributed by atoms with Gasteiger partial charge in [0, 0.05) is 18.5 Å². The molecule has 0 spiro atoms. The number of carbonyl (C=O) groups is 2. The molecule has 0 saturated heterocycles. The maximum atomic E-state index is 12.7. The van der Waals surface area contributed by atoms with Gasteiger partial charge in [0.1, 0.15) is 23.9 Å². The first-order valence-corrected chi connectivity index (χ1v) is 14.0. The van der Waals surface area contributed by atoms with Crippen LogP contribution in [0.2, 0.25) is 5.15 Å². The minimum Gasteiger partial charge on any atom is -0.408 e. The number of unbranched alkanes of at least 4 members (excludes halogenated alkanes) is 1. The predicted molar refractivity (Wildman–Crippen MR) is 159 cm³/mol. The molecule has 2 aromatic heterocycles. The quantitative estimate of drug-likeness (QED) is 0.0951. The minimum atomic E-state index is -0.885. The van der Waals surface area contributed by atoms with Crippen LogP contribution in [0.15, 0.2) is 72.8 Å². The molecule has 0 amide bonds. The molecule has 0 saturated carbocycles. The number of benzene rings is 3. The van der Waals surface area contributed by atoms with Crippen molar-refractivity contribution in [2.24, 2.45) is 0 Å². The van der Waals surface area contributed by atoms with Gasteiger partial charge in [0.2, 0.25) is 5.82 Å². The Morgan fingerprint density at radius 2 is 1.73 bits per heavy atom. The Kier molecular flexibility index (Phi) is 9.35. The lowest BCUT2D eigenvalue weighted by atomic mass is 9.98. The first-order valence-electron chi connectivity index (χ1n) is 13.6. The largest absolute Gasteiger partial charge is 0.459 e. The smallest absolute Gasteiger partial charge is 0.408 e. The van der Waals surface area contributed by atoms with E-state index >= 15 is 0 Å². The number of aromatic nitrogens is 6. The second kappa shape index (κ2) is 13.7. The summed E-state index contributed by atoms with van der Waals surface area (Å²) in [5.41, 5.74) is 4.21. The van der Waals surface area contributed by atoms with Crippen LogP contribution in [0.5, 0.6) is 5.75 Å². The molecule has 5 rings (SSSR count). The Balaban J connectivity index is 1.31. The lowest BCUT2D eigenvalue weighted by molar-refractivity contribution is -0.763. The van der Waals surface area contributed by atoms with E-state index in [0.29, 0.717) is 23.4 Å². The lowest BCUT2D eigenvalue weighted by Crippen LogP contribution is -2.19. The molecule has 0 aliphatic heterocycles. The first-order chi connectivity index (χ1) is 21.4. The van der Waals surface area contributed by atoms with Gasteiger partial charge >= 0.3 is 6.09 Å². The van der Waals surface area contributed by atoms with Crippen molar-refractivity contribution in [1.82, 2.24) is 29.8 Å². The summed E-state index contributed by atoms with van der Waals surface area (Å²) in [4.78, 5) is 44.2. The summed E-state index contributed by atoms with van der Waals surface area (Å²) in [6.45, 7) is 2.32. The minimum absolute atomic E-state index is 0.190. The standard InChI is InChI=1S/C30H26ClN7O6/c1-2-3-8-27-32-28(31)26(18-39)36(27)17-20-9-13-22(14-10-20)24-6-4-5-7-25(24)29-33-35-37(34-29)30(40)44-23-15-11-21(12-16-23)19-43-38(41)42/h4-7,9-16,18H,2-3,8,17,19H2,1H3. The van der Waals surface area contributed by atoms with E-state index in [9.17, 15) is 19.7 Å². The average Bonchev–Trinajstić information content (AvgIpc) is 3.64. The Bertz CT molecular complexity index is 1780. The van der Waals surface area contributed by atoms with Crippen LogP contribution < -0.4 is 4.74 Å². The van der Waals surface area contributed by atoms with Crippen LogP contribution in [-0.4, -0.2) is 47.2 Å². The van der Waals surface area contributed by atoms with Crippen LogP contribution in [0.25, 0.3) is 22.5 Å². The Morgan fingerprint density at radius 1 is 1.02 bits per heavy atom. The molecule has 3 aromatic carbocycles. The highest BCUT2D eigenvalue weighted by Gasteiger charge is 2.18. The van der Waals surface area contributed by atoms with E-state index in [1.54, 1.807) is 0 Å². The van der Waals surface area contributed by atoms with Crippen LogP contribution in [0.3, 0.4) is 0 Å². The third-order valence-corrected chi connectivity index (χ3v) is 7.00. The zero-order valence-electron chi connectivity index (χ0n) is 23.5. The van der Waals surface area contributed by atoms with Crippen LogP contribution in [0, 0.1) is 10.1 Å². The Morgan fingerprint density at radius 3 is 2.41 bits per heavy atom. The summed E-state index contributed by atoms with van der Waals surface area (Å²) >= 11 is 6.23. The summed E-state index contributed by atoms with van der Waals surface area (Å²) in [6.07, 6.45) is 2.52. The van der Waals surface area contributed by atoms with Crippen molar-refractivity contribution >= 4 is 24.0 Å². The highest BCUT2D eigenvalue weighted by molar-refractivity contribution is 6.31. The zero-order valence-corrected chi connectivity index (χ0v) is 24.3. The number of carbonyl (C=O) groups excluding carboxylic acids is 2. The van der Waals surface area contributed by atoms with Crippen molar-refractivity contribution in [3.05, 3.63) is 111 Å². The van der Waals surface area contributed by atoms with Crippen LogP contribution in [-0.2, 0) is 24.4 Å². The van der Waals surface area contributed by atoms with Crippen LogP contribution >= 0.6 is 11.6 Å². The van der Waals surface area contributed by atoms with E-state index in [2.05, 4.69) is 32.2 Å². The van der Waals surface area contributed by atoms with Crippen molar-refractivity contribution in [2.45, 2.75) is 39.3 Å². The van der Waals surface area contributed by atoms with Crippen molar-refractivity contribution in [1.29, 1.82) is 0 Å². The summed E-state index contributed by atoms with van der Waals surface area (Å²) in [5.74, 6) is 1.19. The normalized spacial score (nSPS) is 10.9. The molecule has 14 heteroatoms. The van der Waals surface area contributed by atoms with Crippen molar-refractivity contribution in [3.63, 3.8) is 0 Å². The number of aldehydes is 1. The van der Waals surface area contributed by atoms with E-state index in [-0.39, 0.29) is 23.3 Å². The van der Waals surface area contributed by atoms with E-state index in [1.165, 1.54) is 24.3 Å². The molecular formula is C30H26ClN7O6. The van der Waals surface area contributed by atoms with Gasteiger partial charge in [-0.15, -0.1) is 20.3 Å². The number of tetrazole rings is 1. The van der Waals surface area contributed by atoms with Crippen molar-refractivity contribution < 1.29 is 24.3 Å². The fourth-order valence-corrected chi connectivity index (χ4v) is 4.76. The summed E-state index contributed by atoms with van der Waals surface area (Å²) in [7, 11) is 0. The molecule has 0 bridgehead atoms. The summed E-state index contributed by atoms with van der Waals surface area (Å²) < 4.78 is 7.16. The number of hydrogen-bond donors (Lipinski definition) is 0. The highest BCUT2D eigenvalue weighted by atomic mass is 35.5. The maximum Gasteiger partial charge on any atom is 0.459 e. The lowest BCUT2D eigenvalue weighted by Gasteiger charge is -2.11. The van der Waals surface area contributed by atoms with Crippen LogP contribution in [0.4, 0.5) is 4.79 Å². The number of ether oxygens (including phenoxy) is 1. The fraction of sp³-hybridized carbons (Fsp3) is 0.200. The molecule has 0 unspecified atom stereocenters. The number of aryl methyl sites for hydroxylation is 1. The van der Waals surface area contributed by atoms with Gasteiger partial charge in [0.05, 0.1) is 0 Å². The zero-order chi connectivity index (χ0) is 31.1. The predicted octanol–water partition coefficient (Wildman–Crippen LogP) is 5.82. The van der Waals surface area contributed by atoms with Gasteiger partial charge in [-0.3, -0.25) is 4.79 Å². The number of hydrogen-bond acceptors (Lipinski definition) is 10. The number of rotatable bonds is 12. The molecule has 0 fully saturated rings. The fourth-order valence-electron chi connectivity index (χ4n) is 4.52. The SMILES string of the molecule is CCCCc1nc(Cl)c(C=O)n1Cc1ccc(-c2ccccc2-c2nnn(C(=O)Oc3ccc(CO[N+](=O)[O-])cc3)n2)cc1. The molecule has 0 aliphatic rings. The monoisotopic (exact) mass is 615 g/mol. The summed E-state index contributed by atoms with van der Waals surface area (Å²) in [6, 6.07) is 21.3. The highest BCUT2D eigenvalue weighted by Crippen LogP contribution is 2.30. The second-order valence-corrected chi connectivity index (χ2v) is 10.0. The average molecular weight is 616 g/mol. The van der Waals surface area contributed by atoms with Gasteiger partial charge in [-0.1, -0.05) is 90.4 Å². The van der Waals surface area contributed by atoms with Gasteiger partial charge in [-0.25, -0.2) is 9.78 Å². The van der Waals surface area contributed by atoms with Gasteiger partial charge in [-0.05, 0) is 46.0 Å². The molecular weight excluding hydrogens is 590 g/mol. The third kappa shape index (κ3) is 6.95. The molecule has 0 atom stereocenters.